The van der Waals surface area contributed by atoms with Gasteiger partial charge in [-0.15, -0.1) is 0 Å². The number of aromatic nitrogens is 3. The highest BCUT2D eigenvalue weighted by atomic mass is 16.6. The lowest BCUT2D eigenvalue weighted by Gasteiger charge is -2.27. The number of nitrogens with zero attached hydrogens (tertiary/aromatic N) is 4. The molecule has 0 spiro atoms. The summed E-state index contributed by atoms with van der Waals surface area (Å²) < 4.78 is 4.68. The quantitative estimate of drug-likeness (QED) is 0.767. The molecular formula is C11H16N6O. The molecule has 0 aliphatic carbocycles. The lowest BCUT2D eigenvalue weighted by molar-refractivity contribution is 0.233. The Kier molecular flexibility index (Phi) is 2.85. The van der Waals surface area contributed by atoms with Crippen molar-refractivity contribution in [1.29, 1.82) is 0 Å². The number of hydrogen-bond acceptors (Lipinski definition) is 7. The van der Waals surface area contributed by atoms with E-state index >= 15 is 0 Å². The first-order valence-electron chi connectivity index (χ1n) is 6.06. The normalized spacial score (nSPS) is 17.4. The molecule has 0 atom stereocenters. The van der Waals surface area contributed by atoms with Gasteiger partial charge in [0.2, 0.25) is 5.65 Å². The molecule has 0 amide bonds. The minimum absolute atomic E-state index is 0.481. The van der Waals surface area contributed by atoms with Gasteiger partial charge in [-0.2, -0.15) is 0 Å². The van der Waals surface area contributed by atoms with E-state index in [0.29, 0.717) is 16.9 Å². The van der Waals surface area contributed by atoms with Gasteiger partial charge in [-0.3, -0.25) is 4.90 Å². The fourth-order valence-corrected chi connectivity index (χ4v) is 2.28. The lowest BCUT2D eigenvalue weighted by atomic mass is 10.1. The molecule has 1 fully saturated rings. The zero-order chi connectivity index (χ0) is 12.5. The second-order valence-corrected chi connectivity index (χ2v) is 4.55. The maximum atomic E-state index is 6.14. The zero-order valence-electron chi connectivity index (χ0n) is 10.3. The van der Waals surface area contributed by atoms with E-state index in [1.54, 1.807) is 0 Å². The van der Waals surface area contributed by atoms with Crippen LogP contribution in [0.25, 0.3) is 11.2 Å². The Balaban J connectivity index is 1.94. The smallest absolute Gasteiger partial charge is 0.226 e. The average molecular weight is 248 g/mol. The van der Waals surface area contributed by atoms with E-state index in [1.165, 1.54) is 0 Å². The van der Waals surface area contributed by atoms with Gasteiger partial charge in [-0.25, -0.2) is 9.61 Å². The Morgan fingerprint density at radius 3 is 2.89 bits per heavy atom. The van der Waals surface area contributed by atoms with Gasteiger partial charge in [-0.1, -0.05) is 0 Å². The van der Waals surface area contributed by atoms with Gasteiger partial charge in [-0.05, 0) is 17.2 Å². The Morgan fingerprint density at radius 1 is 1.33 bits per heavy atom. The van der Waals surface area contributed by atoms with Crippen LogP contribution in [0.4, 0.5) is 5.69 Å². The summed E-state index contributed by atoms with van der Waals surface area (Å²) in [6.07, 6.45) is 0. The standard InChI is InChI=1S/C11H16N6O/c1-7-8(6-17-4-2-13-3-5-17)9(12)10-11(14-7)16-18-15-10/h13H,2-6,12H2,1H3. The number of nitrogen functional groups attached to an aromatic ring is 1. The Morgan fingerprint density at radius 2 is 2.11 bits per heavy atom. The van der Waals surface area contributed by atoms with E-state index in [1.807, 2.05) is 6.92 Å². The number of nitrogens with one attached hydrogen (secondary N) is 1. The Hall–Kier alpha value is -1.73. The van der Waals surface area contributed by atoms with E-state index in [-0.39, 0.29) is 0 Å². The molecule has 2 aromatic rings. The molecule has 0 aromatic carbocycles. The van der Waals surface area contributed by atoms with Crippen LogP contribution in [0.1, 0.15) is 11.3 Å². The van der Waals surface area contributed by atoms with Crippen molar-refractivity contribution < 1.29 is 4.63 Å². The van der Waals surface area contributed by atoms with Crippen molar-refractivity contribution in [2.45, 2.75) is 13.5 Å². The maximum Gasteiger partial charge on any atom is 0.226 e. The SMILES string of the molecule is Cc1nc2nonc2c(N)c1CN1CCNCC1. The van der Waals surface area contributed by atoms with Crippen molar-refractivity contribution in [3.8, 4) is 0 Å². The van der Waals surface area contributed by atoms with Crippen LogP contribution in [0.3, 0.4) is 0 Å². The molecule has 1 saturated heterocycles. The number of rotatable bonds is 2. The number of nitrogens with two attached hydrogens (primary N) is 1. The molecule has 3 N–H and O–H groups in total. The molecule has 1 aliphatic rings. The van der Waals surface area contributed by atoms with Gasteiger partial charge < -0.3 is 11.1 Å². The predicted molar refractivity (Wildman–Crippen MR) is 66.9 cm³/mol. The first-order chi connectivity index (χ1) is 8.75. The second kappa shape index (κ2) is 4.51. The molecule has 18 heavy (non-hydrogen) atoms. The van der Waals surface area contributed by atoms with Crippen molar-refractivity contribution in [1.82, 2.24) is 25.5 Å². The minimum Gasteiger partial charge on any atom is -0.396 e. The fourth-order valence-electron chi connectivity index (χ4n) is 2.28. The van der Waals surface area contributed by atoms with Crippen LogP contribution in [-0.4, -0.2) is 46.4 Å². The first kappa shape index (κ1) is 11.4. The molecule has 96 valence electrons. The van der Waals surface area contributed by atoms with Crippen molar-refractivity contribution >= 4 is 16.9 Å². The summed E-state index contributed by atoms with van der Waals surface area (Å²) in [5.41, 5.74) is 9.74. The van der Waals surface area contributed by atoms with Crippen LogP contribution in [-0.2, 0) is 6.54 Å². The van der Waals surface area contributed by atoms with Gasteiger partial charge in [0.15, 0.2) is 5.52 Å². The van der Waals surface area contributed by atoms with Gasteiger partial charge >= 0.3 is 0 Å². The van der Waals surface area contributed by atoms with Crippen LogP contribution in [0.2, 0.25) is 0 Å². The summed E-state index contributed by atoms with van der Waals surface area (Å²) >= 11 is 0. The number of piperazine rings is 1. The van der Waals surface area contributed by atoms with Gasteiger partial charge in [0, 0.05) is 44.0 Å². The zero-order valence-corrected chi connectivity index (χ0v) is 10.3. The van der Waals surface area contributed by atoms with Crippen LogP contribution in [0.5, 0.6) is 0 Å². The Labute approximate surface area is 104 Å². The summed E-state index contributed by atoms with van der Waals surface area (Å²) in [4.78, 5) is 6.73. The van der Waals surface area contributed by atoms with E-state index < -0.39 is 0 Å². The molecule has 2 aromatic heterocycles. The molecular weight excluding hydrogens is 232 g/mol. The molecule has 0 bridgehead atoms. The molecule has 0 unspecified atom stereocenters. The third kappa shape index (κ3) is 1.91. The van der Waals surface area contributed by atoms with Gasteiger partial charge in [0.05, 0.1) is 5.69 Å². The largest absolute Gasteiger partial charge is 0.396 e. The van der Waals surface area contributed by atoms with Crippen molar-refractivity contribution in [3.63, 3.8) is 0 Å². The molecule has 7 heteroatoms. The number of aryl methyl sites for hydroxylation is 1. The van der Waals surface area contributed by atoms with Gasteiger partial charge in [0.1, 0.15) is 0 Å². The monoisotopic (exact) mass is 248 g/mol. The number of fused-ring (bicyclic) bond motifs is 1. The minimum atomic E-state index is 0.481. The van der Waals surface area contributed by atoms with Crippen molar-refractivity contribution in [2.24, 2.45) is 0 Å². The third-order valence-electron chi connectivity index (χ3n) is 3.35. The van der Waals surface area contributed by atoms with Gasteiger partial charge in [0.25, 0.3) is 0 Å². The van der Waals surface area contributed by atoms with Crippen LogP contribution >= 0.6 is 0 Å². The second-order valence-electron chi connectivity index (χ2n) is 4.55. The van der Waals surface area contributed by atoms with Crippen molar-refractivity contribution in [2.75, 3.05) is 31.9 Å². The average Bonchev–Trinajstić information content (AvgIpc) is 2.84. The number of anilines is 1. The molecule has 0 saturated carbocycles. The number of pyridine rings is 1. The molecule has 3 heterocycles. The fraction of sp³-hybridized carbons (Fsp3) is 0.545. The van der Waals surface area contributed by atoms with E-state index in [2.05, 4.69) is 30.1 Å². The topological polar surface area (TPSA) is 93.1 Å². The molecule has 0 radical (unpaired) electrons. The summed E-state index contributed by atoms with van der Waals surface area (Å²) in [5, 5.41) is 10.9. The first-order valence-corrected chi connectivity index (χ1v) is 6.06. The highest BCUT2D eigenvalue weighted by Gasteiger charge is 2.18. The lowest BCUT2D eigenvalue weighted by Crippen LogP contribution is -2.43. The molecule has 1 aliphatic heterocycles. The third-order valence-corrected chi connectivity index (χ3v) is 3.35. The van der Waals surface area contributed by atoms with Crippen molar-refractivity contribution in [3.05, 3.63) is 11.3 Å². The molecule has 7 nitrogen and oxygen atoms in total. The predicted octanol–water partition coefficient (Wildman–Crippen LogP) is -0.0864. The van der Waals surface area contributed by atoms with E-state index in [4.69, 9.17) is 5.73 Å². The summed E-state index contributed by atoms with van der Waals surface area (Å²) in [6.45, 7) is 6.82. The van der Waals surface area contributed by atoms with E-state index in [0.717, 1.165) is 44.0 Å². The molecule has 3 rings (SSSR count). The van der Waals surface area contributed by atoms with Crippen LogP contribution in [0.15, 0.2) is 4.63 Å². The summed E-state index contributed by atoms with van der Waals surface area (Å²) in [7, 11) is 0. The maximum absolute atomic E-state index is 6.14. The highest BCUT2D eigenvalue weighted by Crippen LogP contribution is 2.24. The summed E-state index contributed by atoms with van der Waals surface area (Å²) in [6, 6.07) is 0. The Bertz CT molecular complexity index is 560. The highest BCUT2D eigenvalue weighted by molar-refractivity contribution is 5.85. The van der Waals surface area contributed by atoms with Crippen LogP contribution < -0.4 is 11.1 Å². The number of hydrogen-bond donors (Lipinski definition) is 2. The van der Waals surface area contributed by atoms with Crippen LogP contribution in [0, 0.1) is 6.92 Å². The van der Waals surface area contributed by atoms with E-state index in [9.17, 15) is 0 Å². The summed E-state index contributed by atoms with van der Waals surface area (Å²) in [5.74, 6) is 0.